The van der Waals surface area contributed by atoms with Crippen LogP contribution in [0.15, 0.2) is 121 Å². The lowest BCUT2D eigenvalue weighted by molar-refractivity contribution is -0.142. The molecule has 5 unspecified atom stereocenters. The molecule has 4 aromatic carbocycles. The molecular formula is C48H51N5O8S. The Balaban J connectivity index is 1.34. The molecule has 2 aliphatic heterocycles. The largest absolute Gasteiger partial charge is 0.480 e. The number of carboxylic acids is 1. The van der Waals surface area contributed by atoms with Gasteiger partial charge in [-0.2, -0.15) is 0 Å². The van der Waals surface area contributed by atoms with E-state index in [-0.39, 0.29) is 31.4 Å². The van der Waals surface area contributed by atoms with Gasteiger partial charge in [-0.05, 0) is 69.3 Å². The van der Waals surface area contributed by atoms with Crippen molar-refractivity contribution in [1.29, 1.82) is 0 Å². The quantitative estimate of drug-likeness (QED) is 0.0987. The number of fused-ring (bicyclic) bond motifs is 18. The number of aliphatic hydroxyl groups excluding tert-OH is 1. The van der Waals surface area contributed by atoms with Gasteiger partial charge in [0.2, 0.25) is 23.6 Å². The summed E-state index contributed by atoms with van der Waals surface area (Å²) >= 11 is 1.36. The number of carbonyl (C=O) groups excluding carboxylic acids is 5. The number of benzene rings is 4. The molecule has 322 valence electrons. The molecule has 0 spiro atoms. The van der Waals surface area contributed by atoms with Gasteiger partial charge in [0, 0.05) is 36.2 Å². The highest BCUT2D eigenvalue weighted by Crippen LogP contribution is 2.23. The molecule has 1 aromatic heterocycles. The van der Waals surface area contributed by atoms with E-state index in [9.17, 15) is 39.0 Å². The van der Waals surface area contributed by atoms with E-state index in [4.69, 9.17) is 0 Å². The van der Waals surface area contributed by atoms with Crippen molar-refractivity contribution in [2.75, 3.05) is 5.32 Å². The number of carbonyl (C=O) groups is 6. The smallest absolute Gasteiger partial charge is 0.326 e. The fourth-order valence-corrected chi connectivity index (χ4v) is 7.96. The van der Waals surface area contributed by atoms with Crippen molar-refractivity contribution in [2.24, 2.45) is 5.92 Å². The van der Waals surface area contributed by atoms with Crippen LogP contribution in [-0.2, 0) is 60.9 Å². The molecular weight excluding hydrogens is 807 g/mol. The molecule has 0 saturated heterocycles. The Kier molecular flexibility index (Phi) is 15.4. The highest BCUT2D eigenvalue weighted by atomic mass is 32.1. The molecule has 7 N–H and O–H groups in total. The van der Waals surface area contributed by atoms with Gasteiger partial charge in [-0.1, -0.05) is 111 Å². The second kappa shape index (κ2) is 21.2. The number of hydrogen-bond donors (Lipinski definition) is 7. The summed E-state index contributed by atoms with van der Waals surface area (Å²) in [6.07, 6.45) is -1.58. The summed E-state index contributed by atoms with van der Waals surface area (Å²) in [6, 6.07) is 29.4. The number of carboxylic acid groups (broad SMARTS) is 1. The van der Waals surface area contributed by atoms with Crippen LogP contribution in [0.25, 0.3) is 11.1 Å². The summed E-state index contributed by atoms with van der Waals surface area (Å²) in [4.78, 5) is 82.3. The molecule has 5 amide bonds. The Hall–Kier alpha value is -6.64. The van der Waals surface area contributed by atoms with Crippen molar-refractivity contribution in [3.05, 3.63) is 148 Å². The minimum absolute atomic E-state index is 0.00383. The van der Waals surface area contributed by atoms with E-state index in [1.165, 1.54) is 29.0 Å². The highest BCUT2D eigenvalue weighted by Gasteiger charge is 2.33. The van der Waals surface area contributed by atoms with Crippen LogP contribution in [0.1, 0.15) is 47.4 Å². The maximum Gasteiger partial charge on any atom is 0.326 e. The number of aliphatic carboxylic acids is 1. The fraction of sp³-hybridized carbons (Fsp3) is 0.292. The zero-order valence-corrected chi connectivity index (χ0v) is 35.3. The normalized spacial score (nSPS) is 20.6. The van der Waals surface area contributed by atoms with E-state index in [2.05, 4.69) is 64.7 Å². The van der Waals surface area contributed by atoms with Gasteiger partial charge in [0.05, 0.1) is 6.42 Å². The predicted octanol–water partition coefficient (Wildman–Crippen LogP) is 4.61. The maximum atomic E-state index is 14.5. The van der Waals surface area contributed by atoms with Crippen molar-refractivity contribution in [1.82, 2.24) is 21.3 Å². The van der Waals surface area contributed by atoms with Gasteiger partial charge >= 0.3 is 5.97 Å². The van der Waals surface area contributed by atoms with Crippen LogP contribution in [-0.4, -0.2) is 76.0 Å². The zero-order valence-electron chi connectivity index (χ0n) is 34.5. The predicted molar refractivity (Wildman–Crippen MR) is 237 cm³/mol. The third-order valence-electron chi connectivity index (χ3n) is 10.5. The Morgan fingerprint density at radius 1 is 0.613 bits per heavy atom. The molecule has 0 aliphatic carbocycles. The van der Waals surface area contributed by atoms with Crippen LogP contribution in [0, 0.1) is 5.92 Å². The number of nitrogens with one attached hydrogen (secondary N) is 5. The molecule has 2 aliphatic rings. The minimum Gasteiger partial charge on any atom is -0.480 e. The van der Waals surface area contributed by atoms with Crippen LogP contribution >= 0.6 is 11.3 Å². The lowest BCUT2D eigenvalue weighted by atomic mass is 9.97. The van der Waals surface area contributed by atoms with Crippen LogP contribution < -0.4 is 26.6 Å². The third-order valence-corrected chi connectivity index (χ3v) is 11.4. The van der Waals surface area contributed by atoms with Crippen molar-refractivity contribution in [2.45, 2.75) is 82.6 Å². The molecule has 0 saturated carbocycles. The first-order chi connectivity index (χ1) is 29.8. The summed E-state index contributed by atoms with van der Waals surface area (Å²) in [5.74, 6) is -4.63. The molecule has 7 rings (SSSR count). The SMILES string of the molecule is CC(C)Cc1ccc(-c2ccc(CC3NC(=O)C(Cc4cccs4)NC(=O)CC(O)C(=O)Nc4ccc(cc4)CC(C(=O)O)NC(=O)C(Cc4ccccc4)NC3=O)cc2)cc1. The van der Waals surface area contributed by atoms with Crippen LogP contribution in [0.3, 0.4) is 0 Å². The standard InChI is InChI=1S/C48H51N5O8S/c1-29(2)23-31-10-16-34(17-11-31)35-18-12-32(13-19-35)25-39-44(56)51-38(24-30-7-4-3-5-8-30)45(57)53-41(48(60)61)26-33-14-20-36(21-15-33)49-47(59)42(54)28-43(55)50-40(46(58)52-39)27-37-9-6-22-62-37/h3-22,29,38-42,54H,23-28H2,1-2H3,(H,49,59)(H,50,55)(H,51,56)(H,52,58)(H,53,57)(H,60,61). The van der Waals surface area contributed by atoms with Gasteiger partial charge in [-0.25, -0.2) is 4.79 Å². The van der Waals surface area contributed by atoms with E-state index < -0.39 is 72.2 Å². The van der Waals surface area contributed by atoms with Gasteiger partial charge in [-0.3, -0.25) is 24.0 Å². The third kappa shape index (κ3) is 12.9. The Bertz CT molecular complexity index is 2320. The molecule has 14 heteroatoms. The number of rotatable bonds is 10. The van der Waals surface area contributed by atoms with Gasteiger partial charge in [-0.15, -0.1) is 11.3 Å². The van der Waals surface area contributed by atoms with E-state index in [1.807, 2.05) is 29.6 Å². The first kappa shape index (κ1) is 44.9. The highest BCUT2D eigenvalue weighted by molar-refractivity contribution is 7.09. The van der Waals surface area contributed by atoms with E-state index in [0.717, 1.165) is 22.4 Å². The van der Waals surface area contributed by atoms with Crippen LogP contribution in [0.5, 0.6) is 0 Å². The summed E-state index contributed by atoms with van der Waals surface area (Å²) in [6.45, 7) is 4.34. The van der Waals surface area contributed by atoms with Crippen LogP contribution in [0.4, 0.5) is 5.69 Å². The molecule has 5 aromatic rings. The molecule has 5 atom stereocenters. The fourth-order valence-electron chi connectivity index (χ4n) is 7.21. The van der Waals surface area contributed by atoms with E-state index in [0.29, 0.717) is 22.6 Å². The van der Waals surface area contributed by atoms with Gasteiger partial charge in [0.25, 0.3) is 5.91 Å². The van der Waals surface area contributed by atoms with Crippen molar-refractivity contribution < 1.29 is 39.0 Å². The summed E-state index contributed by atoms with van der Waals surface area (Å²) in [5, 5.41) is 36.1. The molecule has 2 bridgehead atoms. The van der Waals surface area contributed by atoms with Crippen molar-refractivity contribution in [3.8, 4) is 11.1 Å². The topological polar surface area (TPSA) is 203 Å². The monoisotopic (exact) mass is 857 g/mol. The minimum atomic E-state index is -1.78. The molecule has 13 nitrogen and oxygen atoms in total. The molecule has 0 radical (unpaired) electrons. The Morgan fingerprint density at radius 3 is 1.71 bits per heavy atom. The number of thiophene rings is 1. The molecule has 62 heavy (non-hydrogen) atoms. The van der Waals surface area contributed by atoms with E-state index >= 15 is 0 Å². The summed E-state index contributed by atoms with van der Waals surface area (Å²) in [5.41, 5.74) is 5.36. The molecule has 0 fully saturated rings. The number of aliphatic hydroxyl groups is 1. The second-order valence-electron chi connectivity index (χ2n) is 15.9. The maximum absolute atomic E-state index is 14.5. The average molecular weight is 858 g/mol. The van der Waals surface area contributed by atoms with Crippen molar-refractivity contribution >= 4 is 52.5 Å². The van der Waals surface area contributed by atoms with Crippen molar-refractivity contribution in [3.63, 3.8) is 0 Å². The molecule has 3 heterocycles. The average Bonchev–Trinajstić information content (AvgIpc) is 3.77. The summed E-state index contributed by atoms with van der Waals surface area (Å²) < 4.78 is 0. The lowest BCUT2D eigenvalue weighted by Crippen LogP contribution is -2.59. The van der Waals surface area contributed by atoms with E-state index in [1.54, 1.807) is 54.6 Å². The Morgan fingerprint density at radius 2 is 1.16 bits per heavy atom. The van der Waals surface area contributed by atoms with Crippen LogP contribution in [0.2, 0.25) is 0 Å². The number of hydrogen-bond acceptors (Lipinski definition) is 8. The second-order valence-corrected chi connectivity index (χ2v) is 17.0. The Labute approximate surface area is 364 Å². The first-order valence-corrected chi connectivity index (χ1v) is 21.4. The summed E-state index contributed by atoms with van der Waals surface area (Å²) in [7, 11) is 0. The number of anilines is 1. The first-order valence-electron chi connectivity index (χ1n) is 20.6. The van der Waals surface area contributed by atoms with Gasteiger partial charge in [0.15, 0.2) is 0 Å². The van der Waals surface area contributed by atoms with Gasteiger partial charge in [0.1, 0.15) is 30.3 Å². The van der Waals surface area contributed by atoms with Gasteiger partial charge < -0.3 is 36.8 Å². The number of amides is 5. The lowest BCUT2D eigenvalue weighted by Gasteiger charge is -2.26. The zero-order chi connectivity index (χ0) is 44.2.